The molecular weight excluding hydrogens is 412 g/mol. The van der Waals surface area contributed by atoms with Crippen LogP contribution in [0.5, 0.6) is 11.5 Å². The van der Waals surface area contributed by atoms with Gasteiger partial charge in [0, 0.05) is 21.6 Å². The van der Waals surface area contributed by atoms with Gasteiger partial charge < -0.3 is 14.8 Å². The van der Waals surface area contributed by atoms with Crippen molar-refractivity contribution in [1.29, 1.82) is 0 Å². The maximum Gasteiger partial charge on any atom is 0.190 e. The lowest BCUT2D eigenvalue weighted by molar-refractivity contribution is -0.00321. The van der Waals surface area contributed by atoms with E-state index in [4.69, 9.17) is 21.7 Å². The molecule has 4 nitrogen and oxygen atoms in total. The molecule has 2 aliphatic rings. The molecule has 4 rings (SSSR count). The Kier molecular flexibility index (Phi) is 4.35. The SMILES string of the molecule is CCOc1ccc(N2C(=S)N[C@H]3c4cc(Br)ccc4O[C@@]2(C)[C@@H]3C)cc1. The molecule has 136 valence electrons. The van der Waals surface area contributed by atoms with Crippen molar-refractivity contribution in [3.8, 4) is 11.5 Å². The maximum absolute atomic E-state index is 6.52. The smallest absolute Gasteiger partial charge is 0.190 e. The van der Waals surface area contributed by atoms with Crippen molar-refractivity contribution in [2.75, 3.05) is 11.5 Å². The lowest BCUT2D eigenvalue weighted by Gasteiger charge is -2.56. The first-order chi connectivity index (χ1) is 12.4. The summed E-state index contributed by atoms with van der Waals surface area (Å²) in [5.74, 6) is 1.94. The van der Waals surface area contributed by atoms with Crippen molar-refractivity contribution >= 4 is 38.9 Å². The molecule has 2 aromatic rings. The molecule has 6 heteroatoms. The van der Waals surface area contributed by atoms with E-state index < -0.39 is 5.72 Å². The topological polar surface area (TPSA) is 33.7 Å². The van der Waals surface area contributed by atoms with Gasteiger partial charge in [0.1, 0.15) is 11.5 Å². The van der Waals surface area contributed by atoms with E-state index in [0.29, 0.717) is 11.7 Å². The highest BCUT2D eigenvalue weighted by Gasteiger charge is 2.53. The monoisotopic (exact) mass is 432 g/mol. The Hall–Kier alpha value is -1.79. The molecule has 1 N–H and O–H groups in total. The summed E-state index contributed by atoms with van der Waals surface area (Å²) < 4.78 is 13.1. The Balaban J connectivity index is 1.76. The second-order valence-corrected chi connectivity index (χ2v) is 8.12. The molecule has 2 aromatic carbocycles. The van der Waals surface area contributed by atoms with Crippen LogP contribution in [0, 0.1) is 5.92 Å². The highest BCUT2D eigenvalue weighted by Crippen LogP contribution is 2.49. The highest BCUT2D eigenvalue weighted by molar-refractivity contribution is 9.10. The molecule has 26 heavy (non-hydrogen) atoms. The molecule has 0 spiro atoms. The van der Waals surface area contributed by atoms with Gasteiger partial charge in [0.2, 0.25) is 0 Å². The zero-order valence-electron chi connectivity index (χ0n) is 15.0. The minimum atomic E-state index is -0.568. The first-order valence-electron chi connectivity index (χ1n) is 8.76. The van der Waals surface area contributed by atoms with Crippen molar-refractivity contribution in [3.05, 3.63) is 52.5 Å². The lowest BCUT2D eigenvalue weighted by atomic mass is 9.80. The number of ether oxygens (including phenoxy) is 2. The number of nitrogens with zero attached hydrogens (tertiary/aromatic N) is 1. The number of rotatable bonds is 3. The Bertz CT molecular complexity index is 857. The van der Waals surface area contributed by atoms with Gasteiger partial charge in [-0.2, -0.15) is 0 Å². The highest BCUT2D eigenvalue weighted by atomic mass is 79.9. The van der Waals surface area contributed by atoms with Crippen LogP contribution in [0.1, 0.15) is 32.4 Å². The van der Waals surface area contributed by atoms with Crippen LogP contribution in [0.15, 0.2) is 46.9 Å². The lowest BCUT2D eigenvalue weighted by Crippen LogP contribution is -2.69. The van der Waals surface area contributed by atoms with Crippen LogP contribution in [0.4, 0.5) is 5.69 Å². The minimum Gasteiger partial charge on any atom is -0.494 e. The van der Waals surface area contributed by atoms with Gasteiger partial charge >= 0.3 is 0 Å². The Labute approximate surface area is 167 Å². The molecule has 1 saturated heterocycles. The van der Waals surface area contributed by atoms with Crippen molar-refractivity contribution in [3.63, 3.8) is 0 Å². The fourth-order valence-electron chi connectivity index (χ4n) is 3.83. The number of fused-ring (bicyclic) bond motifs is 4. The summed E-state index contributed by atoms with van der Waals surface area (Å²) in [5.41, 5.74) is 1.55. The summed E-state index contributed by atoms with van der Waals surface area (Å²) in [5, 5.41) is 4.19. The van der Waals surface area contributed by atoms with Gasteiger partial charge in [0.15, 0.2) is 10.8 Å². The van der Waals surface area contributed by atoms with Gasteiger partial charge in [-0.05, 0) is 68.5 Å². The number of hydrogen-bond acceptors (Lipinski definition) is 3. The molecule has 1 fully saturated rings. The number of anilines is 1. The molecule has 0 unspecified atom stereocenters. The molecule has 2 aliphatic heterocycles. The quantitative estimate of drug-likeness (QED) is 0.687. The second kappa shape index (κ2) is 6.43. The molecule has 0 aromatic heterocycles. The van der Waals surface area contributed by atoms with E-state index in [1.54, 1.807) is 0 Å². The van der Waals surface area contributed by atoms with E-state index in [2.05, 4.69) is 46.1 Å². The van der Waals surface area contributed by atoms with Gasteiger partial charge in [0.25, 0.3) is 0 Å². The first kappa shape index (κ1) is 17.6. The fraction of sp³-hybridized carbons (Fsp3) is 0.350. The van der Waals surface area contributed by atoms with E-state index in [-0.39, 0.29) is 12.0 Å². The molecule has 3 atom stereocenters. The predicted octanol–water partition coefficient (Wildman–Crippen LogP) is 5.03. The molecule has 0 radical (unpaired) electrons. The molecule has 0 amide bonds. The molecule has 0 aliphatic carbocycles. The molecular formula is C20H21BrN2O2S. The Morgan fingerprint density at radius 2 is 2.00 bits per heavy atom. The van der Waals surface area contributed by atoms with Gasteiger partial charge in [-0.25, -0.2) is 0 Å². The largest absolute Gasteiger partial charge is 0.494 e. The summed E-state index contributed by atoms with van der Waals surface area (Å²) in [6.45, 7) is 6.94. The maximum atomic E-state index is 6.52. The zero-order valence-corrected chi connectivity index (χ0v) is 17.4. The van der Waals surface area contributed by atoms with Crippen LogP contribution in [-0.4, -0.2) is 17.4 Å². The van der Waals surface area contributed by atoms with Crippen LogP contribution in [0.3, 0.4) is 0 Å². The summed E-state index contributed by atoms with van der Waals surface area (Å²) in [6.07, 6.45) is 0. The average Bonchev–Trinajstić information content (AvgIpc) is 2.60. The van der Waals surface area contributed by atoms with Crippen molar-refractivity contribution in [2.24, 2.45) is 5.92 Å². The number of nitrogens with one attached hydrogen (secondary N) is 1. The van der Waals surface area contributed by atoms with E-state index in [9.17, 15) is 0 Å². The van der Waals surface area contributed by atoms with Gasteiger partial charge in [-0.15, -0.1) is 0 Å². The van der Waals surface area contributed by atoms with E-state index in [0.717, 1.165) is 27.2 Å². The van der Waals surface area contributed by atoms with Crippen LogP contribution >= 0.6 is 28.1 Å². The number of halogens is 1. The van der Waals surface area contributed by atoms with E-state index in [1.165, 1.54) is 0 Å². The summed E-state index contributed by atoms with van der Waals surface area (Å²) in [7, 11) is 0. The average molecular weight is 433 g/mol. The Morgan fingerprint density at radius 1 is 1.27 bits per heavy atom. The van der Waals surface area contributed by atoms with Gasteiger partial charge in [0.05, 0.1) is 12.6 Å². The van der Waals surface area contributed by atoms with E-state index in [1.807, 2.05) is 43.3 Å². The number of benzene rings is 2. The number of thiocarbonyl (C=S) groups is 1. The predicted molar refractivity (Wildman–Crippen MR) is 111 cm³/mol. The standard InChI is InChI=1S/C20H21BrN2O2S/c1-4-24-15-8-6-14(7-9-15)23-19(26)22-18-12(2)20(23,3)25-17-10-5-13(21)11-16(17)18/h5-12,18H,4H2,1-3H3,(H,22,26)/t12-,18-,20+/m1/s1. The van der Waals surface area contributed by atoms with Crippen LogP contribution in [-0.2, 0) is 0 Å². The Morgan fingerprint density at radius 3 is 2.69 bits per heavy atom. The van der Waals surface area contributed by atoms with Crippen LogP contribution < -0.4 is 19.7 Å². The van der Waals surface area contributed by atoms with E-state index >= 15 is 0 Å². The molecule has 0 saturated carbocycles. The minimum absolute atomic E-state index is 0.118. The third-order valence-electron chi connectivity index (χ3n) is 5.30. The zero-order chi connectivity index (χ0) is 18.5. The number of hydrogen-bond donors (Lipinski definition) is 1. The summed E-state index contributed by atoms with van der Waals surface area (Å²) in [4.78, 5) is 2.07. The van der Waals surface area contributed by atoms with Crippen LogP contribution in [0.25, 0.3) is 0 Å². The van der Waals surface area contributed by atoms with Crippen molar-refractivity contribution in [2.45, 2.75) is 32.5 Å². The fourth-order valence-corrected chi connectivity index (χ4v) is 4.62. The summed E-state index contributed by atoms with van der Waals surface area (Å²) in [6, 6.07) is 14.2. The van der Waals surface area contributed by atoms with Crippen molar-refractivity contribution in [1.82, 2.24) is 5.32 Å². The normalized spacial score (nSPS) is 26.6. The molecule has 2 bridgehead atoms. The van der Waals surface area contributed by atoms with Gasteiger partial charge in [-0.1, -0.05) is 22.9 Å². The van der Waals surface area contributed by atoms with Crippen molar-refractivity contribution < 1.29 is 9.47 Å². The second-order valence-electron chi connectivity index (χ2n) is 6.82. The third-order valence-corrected chi connectivity index (χ3v) is 6.09. The van der Waals surface area contributed by atoms with Crippen LogP contribution in [0.2, 0.25) is 0 Å². The third kappa shape index (κ3) is 2.67. The molecule has 2 heterocycles. The van der Waals surface area contributed by atoms with Gasteiger partial charge in [-0.3, -0.25) is 4.90 Å². The first-order valence-corrected chi connectivity index (χ1v) is 9.96. The summed E-state index contributed by atoms with van der Waals surface area (Å²) >= 11 is 9.28.